The van der Waals surface area contributed by atoms with E-state index in [1.54, 1.807) is 18.2 Å². The summed E-state index contributed by atoms with van der Waals surface area (Å²) in [5, 5.41) is 12.4. The molecule has 3 rings (SSSR count). The fourth-order valence-electron chi connectivity index (χ4n) is 3.17. The number of hydrogen-bond donors (Lipinski definition) is 2. The van der Waals surface area contributed by atoms with Crippen molar-refractivity contribution >= 4 is 11.6 Å². The number of carbonyl (C=O) groups excluding carboxylic acids is 1. The van der Waals surface area contributed by atoms with Gasteiger partial charge < -0.3 is 29.2 Å². The van der Waals surface area contributed by atoms with E-state index >= 15 is 0 Å². The van der Waals surface area contributed by atoms with E-state index in [1.165, 1.54) is 31.0 Å². The summed E-state index contributed by atoms with van der Waals surface area (Å²) < 4.78 is 17.7. The van der Waals surface area contributed by atoms with Crippen molar-refractivity contribution in [2.45, 2.75) is 26.7 Å². The van der Waals surface area contributed by atoms with E-state index in [0.29, 0.717) is 22.9 Å². The van der Waals surface area contributed by atoms with E-state index in [0.717, 1.165) is 11.1 Å². The van der Waals surface area contributed by atoms with Crippen molar-refractivity contribution in [1.82, 2.24) is 4.57 Å². The number of amides is 1. The van der Waals surface area contributed by atoms with Gasteiger partial charge in [0.2, 0.25) is 11.3 Å². The highest BCUT2D eigenvalue weighted by Gasteiger charge is 2.14. The average Bonchev–Trinajstić information content (AvgIpc) is 2.79. The van der Waals surface area contributed by atoms with Crippen LogP contribution in [0.25, 0.3) is 0 Å². The van der Waals surface area contributed by atoms with Crippen LogP contribution in [0.4, 0.5) is 5.69 Å². The lowest BCUT2D eigenvalue weighted by molar-refractivity contribution is -0.116. The first kappa shape index (κ1) is 22.9. The van der Waals surface area contributed by atoms with Crippen LogP contribution in [-0.2, 0) is 24.6 Å². The first-order chi connectivity index (χ1) is 15.4. The number of aliphatic hydroxyl groups is 1. The third-order valence-electron chi connectivity index (χ3n) is 4.98. The molecule has 0 saturated carbocycles. The number of aryl methyl sites for hydroxylation is 1. The molecule has 1 aromatic heterocycles. The first-order valence-corrected chi connectivity index (χ1v) is 9.98. The van der Waals surface area contributed by atoms with E-state index in [2.05, 4.69) is 5.32 Å². The van der Waals surface area contributed by atoms with E-state index in [-0.39, 0.29) is 30.2 Å². The lowest BCUT2D eigenvalue weighted by Gasteiger charge is -2.16. The van der Waals surface area contributed by atoms with Crippen molar-refractivity contribution in [1.29, 1.82) is 0 Å². The third kappa shape index (κ3) is 5.47. The lowest BCUT2D eigenvalue weighted by atomic mass is 10.1. The van der Waals surface area contributed by atoms with Crippen molar-refractivity contribution in [2.24, 2.45) is 0 Å². The lowest BCUT2D eigenvalue weighted by Crippen LogP contribution is -2.23. The topological polar surface area (TPSA) is 99.0 Å². The van der Waals surface area contributed by atoms with Gasteiger partial charge in [-0.25, -0.2) is 0 Å². The molecule has 3 aromatic rings. The quantitative estimate of drug-likeness (QED) is 0.533. The molecule has 0 bridgehead atoms. The predicted octanol–water partition coefficient (Wildman–Crippen LogP) is 2.88. The third-order valence-corrected chi connectivity index (χ3v) is 4.98. The number of benzene rings is 2. The van der Waals surface area contributed by atoms with Gasteiger partial charge in [0, 0.05) is 17.8 Å². The first-order valence-electron chi connectivity index (χ1n) is 9.98. The minimum Gasteiger partial charge on any atom is -0.497 e. The molecule has 168 valence electrons. The molecule has 1 heterocycles. The second-order valence-corrected chi connectivity index (χ2v) is 7.11. The normalized spacial score (nSPS) is 10.5. The Morgan fingerprint density at radius 3 is 2.53 bits per heavy atom. The maximum absolute atomic E-state index is 12.7. The summed E-state index contributed by atoms with van der Waals surface area (Å²) in [6.07, 6.45) is 1.44. The monoisotopic (exact) mass is 438 g/mol. The van der Waals surface area contributed by atoms with Gasteiger partial charge >= 0.3 is 0 Å². The van der Waals surface area contributed by atoms with Crippen LogP contribution in [0, 0.1) is 6.92 Å². The Morgan fingerprint density at radius 2 is 1.84 bits per heavy atom. The van der Waals surface area contributed by atoms with Crippen molar-refractivity contribution in [2.75, 3.05) is 19.5 Å². The van der Waals surface area contributed by atoms with Crippen LogP contribution in [0.3, 0.4) is 0 Å². The number of anilines is 1. The van der Waals surface area contributed by atoms with E-state index in [1.807, 2.05) is 31.2 Å². The Hall–Kier alpha value is -3.78. The van der Waals surface area contributed by atoms with Crippen LogP contribution in [-0.4, -0.2) is 29.8 Å². The number of carbonyl (C=O) groups is 1. The summed E-state index contributed by atoms with van der Waals surface area (Å²) in [4.78, 5) is 25.1. The smallest absolute Gasteiger partial charge is 0.244 e. The fourth-order valence-corrected chi connectivity index (χ4v) is 3.17. The van der Waals surface area contributed by atoms with Gasteiger partial charge in [0.15, 0.2) is 5.75 Å². The van der Waals surface area contributed by atoms with Crippen LogP contribution < -0.4 is 25.0 Å². The largest absolute Gasteiger partial charge is 0.497 e. The predicted molar refractivity (Wildman–Crippen MR) is 120 cm³/mol. The van der Waals surface area contributed by atoms with Crippen molar-refractivity contribution in [3.05, 3.63) is 81.8 Å². The zero-order valence-corrected chi connectivity index (χ0v) is 18.3. The molecule has 1 amide bonds. The van der Waals surface area contributed by atoms with Crippen LogP contribution in [0.5, 0.6) is 17.2 Å². The van der Waals surface area contributed by atoms with E-state index in [9.17, 15) is 14.7 Å². The Bertz CT molecular complexity index is 1160. The minimum atomic E-state index is -0.400. The minimum absolute atomic E-state index is 0.0946. The van der Waals surface area contributed by atoms with Gasteiger partial charge in [-0.1, -0.05) is 24.3 Å². The van der Waals surface area contributed by atoms with Crippen molar-refractivity contribution < 1.29 is 24.1 Å². The molecule has 0 unspecified atom stereocenters. The second-order valence-electron chi connectivity index (χ2n) is 7.11. The highest BCUT2D eigenvalue weighted by molar-refractivity contribution is 5.92. The summed E-state index contributed by atoms with van der Waals surface area (Å²) in [6.45, 7) is 1.64. The molecule has 0 saturated heterocycles. The van der Waals surface area contributed by atoms with Gasteiger partial charge in [-0.15, -0.1) is 0 Å². The van der Waals surface area contributed by atoms with Gasteiger partial charge in [0.05, 0.1) is 32.7 Å². The van der Waals surface area contributed by atoms with Crippen LogP contribution in [0.15, 0.2) is 59.5 Å². The number of methoxy groups -OCH3 is 2. The fraction of sp³-hybridized carbons (Fsp3) is 0.250. The number of nitrogens with zero attached hydrogens (tertiary/aromatic N) is 1. The molecule has 0 aliphatic heterocycles. The number of hydrogen-bond acceptors (Lipinski definition) is 6. The molecular weight excluding hydrogens is 412 g/mol. The number of rotatable bonds is 9. The molecule has 2 aromatic carbocycles. The molecule has 8 heteroatoms. The summed E-state index contributed by atoms with van der Waals surface area (Å²) in [6, 6.07) is 14.0. The van der Waals surface area contributed by atoms with E-state index < -0.39 is 6.61 Å². The zero-order valence-electron chi connectivity index (χ0n) is 18.3. The van der Waals surface area contributed by atoms with Crippen molar-refractivity contribution in [3.8, 4) is 17.2 Å². The van der Waals surface area contributed by atoms with Gasteiger partial charge in [-0.3, -0.25) is 9.59 Å². The Kier molecular flexibility index (Phi) is 7.51. The molecular formula is C24H26N2O6. The number of aromatic nitrogens is 1. The molecule has 0 fully saturated rings. The Balaban J connectivity index is 1.79. The highest BCUT2D eigenvalue weighted by atomic mass is 16.5. The maximum Gasteiger partial charge on any atom is 0.244 e. The molecule has 0 radical (unpaired) electrons. The summed E-state index contributed by atoms with van der Waals surface area (Å²) in [7, 11) is 3.03. The standard InChI is InChI=1S/C24H26N2O6/c1-16-6-4-5-7-17(16)15-32-23-12-26(18(14-27)10-21(23)28)13-24(29)25-20-11-19(30-2)8-9-22(20)31-3/h4-12,27H,13-15H2,1-3H3,(H,25,29). The SMILES string of the molecule is COc1ccc(OC)c(NC(=O)Cn2cc(OCc3ccccc3C)c(=O)cc2CO)c1. The molecule has 0 aliphatic carbocycles. The number of ether oxygens (including phenoxy) is 3. The molecule has 0 aliphatic rings. The Labute approximate surface area is 186 Å². The molecule has 0 atom stereocenters. The van der Waals surface area contributed by atoms with Crippen LogP contribution in [0.1, 0.15) is 16.8 Å². The van der Waals surface area contributed by atoms with Gasteiger partial charge in [-0.05, 0) is 30.2 Å². The summed E-state index contributed by atoms with van der Waals surface area (Å²) in [5.41, 5.74) is 2.37. The molecule has 8 nitrogen and oxygen atoms in total. The van der Waals surface area contributed by atoms with Gasteiger partial charge in [-0.2, -0.15) is 0 Å². The number of aliphatic hydroxyl groups excluding tert-OH is 1. The zero-order chi connectivity index (χ0) is 23.1. The highest BCUT2D eigenvalue weighted by Crippen LogP contribution is 2.29. The average molecular weight is 438 g/mol. The molecule has 32 heavy (non-hydrogen) atoms. The van der Waals surface area contributed by atoms with Crippen LogP contribution in [0.2, 0.25) is 0 Å². The van der Waals surface area contributed by atoms with Gasteiger partial charge in [0.25, 0.3) is 0 Å². The number of pyridine rings is 1. The van der Waals surface area contributed by atoms with E-state index in [4.69, 9.17) is 14.2 Å². The van der Waals surface area contributed by atoms with Crippen LogP contribution >= 0.6 is 0 Å². The second kappa shape index (κ2) is 10.5. The maximum atomic E-state index is 12.7. The summed E-state index contributed by atoms with van der Waals surface area (Å²) in [5.74, 6) is 0.757. The Morgan fingerprint density at radius 1 is 1.06 bits per heavy atom. The molecule has 0 spiro atoms. The number of nitrogens with one attached hydrogen (secondary N) is 1. The summed E-state index contributed by atoms with van der Waals surface area (Å²) >= 11 is 0. The van der Waals surface area contributed by atoms with Crippen molar-refractivity contribution in [3.63, 3.8) is 0 Å². The van der Waals surface area contributed by atoms with Gasteiger partial charge in [0.1, 0.15) is 24.7 Å². The molecule has 2 N–H and O–H groups in total.